The molecule has 0 heterocycles. The van der Waals surface area contributed by atoms with Crippen LogP contribution in [0, 0.1) is 21.7 Å². The predicted molar refractivity (Wildman–Crippen MR) is 66.9 cm³/mol. The zero-order valence-corrected chi connectivity index (χ0v) is 10.2. The summed E-state index contributed by atoms with van der Waals surface area (Å²) in [6, 6.07) is 1.04. The van der Waals surface area contributed by atoms with Gasteiger partial charge in [0.15, 0.2) is 11.6 Å². The first-order valence-corrected chi connectivity index (χ1v) is 6.14. The van der Waals surface area contributed by atoms with E-state index in [2.05, 4.69) is 5.32 Å². The van der Waals surface area contributed by atoms with Crippen LogP contribution >= 0.6 is 0 Å². The van der Waals surface area contributed by atoms with Crippen molar-refractivity contribution >= 4 is 11.4 Å². The maximum absolute atomic E-state index is 13.7. The maximum atomic E-state index is 13.7. The molecule has 0 radical (unpaired) electrons. The third-order valence-corrected chi connectivity index (χ3v) is 3.39. The molecule has 0 bridgehead atoms. The molecule has 1 fully saturated rings. The molecule has 0 saturated heterocycles. The van der Waals surface area contributed by atoms with E-state index in [0.717, 1.165) is 25.7 Å². The van der Waals surface area contributed by atoms with E-state index < -0.39 is 22.2 Å². The van der Waals surface area contributed by atoms with Gasteiger partial charge in [-0.25, -0.2) is 8.78 Å². The highest BCUT2D eigenvalue weighted by Crippen LogP contribution is 2.28. The maximum Gasteiger partial charge on any atom is 0.275 e. The first kappa shape index (κ1) is 13.7. The number of halogens is 2. The largest absolute Gasteiger partial charge is 0.376 e. The van der Waals surface area contributed by atoms with Gasteiger partial charge in [0.25, 0.3) is 5.69 Å². The van der Waals surface area contributed by atoms with Gasteiger partial charge in [-0.3, -0.25) is 10.1 Å². The summed E-state index contributed by atoms with van der Waals surface area (Å²) in [6.45, 7) is 0. The lowest BCUT2D eigenvalue weighted by Gasteiger charge is -2.30. The fourth-order valence-corrected chi connectivity index (χ4v) is 2.33. The average Bonchev–Trinajstić information content (AvgIpc) is 2.35. The minimum atomic E-state index is -0.968. The highest BCUT2D eigenvalue weighted by molar-refractivity contribution is 5.52. The minimum Gasteiger partial charge on any atom is -0.376 e. The van der Waals surface area contributed by atoms with Gasteiger partial charge < -0.3 is 11.1 Å². The number of hydrogen-bond donors (Lipinski definition) is 2. The highest BCUT2D eigenvalue weighted by atomic mass is 19.1. The van der Waals surface area contributed by atoms with Gasteiger partial charge >= 0.3 is 0 Å². The summed E-state index contributed by atoms with van der Waals surface area (Å²) < 4.78 is 27.4. The van der Waals surface area contributed by atoms with Gasteiger partial charge in [0.2, 0.25) is 0 Å². The molecule has 0 unspecified atom stereocenters. The summed E-state index contributed by atoms with van der Waals surface area (Å²) in [6.07, 6.45) is 3.48. The van der Waals surface area contributed by atoms with Crippen LogP contribution in [0.1, 0.15) is 25.7 Å². The quantitative estimate of drug-likeness (QED) is 0.654. The molecule has 0 spiro atoms. The molecular formula is C12H15F2N3O2. The van der Waals surface area contributed by atoms with Crippen molar-refractivity contribution in [3.63, 3.8) is 0 Å². The van der Waals surface area contributed by atoms with E-state index in [9.17, 15) is 18.9 Å². The zero-order valence-electron chi connectivity index (χ0n) is 10.2. The highest BCUT2D eigenvalue weighted by Gasteiger charge is 2.25. The lowest BCUT2D eigenvalue weighted by atomic mass is 9.91. The Balaban J connectivity index is 2.22. The van der Waals surface area contributed by atoms with Crippen LogP contribution in [0.15, 0.2) is 12.1 Å². The molecule has 1 aromatic carbocycles. The zero-order chi connectivity index (χ0) is 14.0. The fraction of sp³-hybridized carbons (Fsp3) is 0.500. The topological polar surface area (TPSA) is 81.2 Å². The Morgan fingerprint density at radius 3 is 2.37 bits per heavy atom. The van der Waals surface area contributed by atoms with E-state index >= 15 is 0 Å². The van der Waals surface area contributed by atoms with Gasteiger partial charge in [0, 0.05) is 12.1 Å². The van der Waals surface area contributed by atoms with Crippen molar-refractivity contribution in [3.8, 4) is 0 Å². The second kappa shape index (κ2) is 5.48. The number of nitro benzene ring substituents is 1. The fourth-order valence-electron chi connectivity index (χ4n) is 2.33. The number of benzene rings is 1. The average molecular weight is 271 g/mol. The number of rotatable bonds is 3. The molecule has 2 atom stereocenters. The summed E-state index contributed by atoms with van der Waals surface area (Å²) in [5.41, 5.74) is 4.95. The number of nitrogens with two attached hydrogens (primary N) is 1. The van der Waals surface area contributed by atoms with Crippen molar-refractivity contribution in [1.29, 1.82) is 0 Å². The minimum absolute atomic E-state index is 0.164. The van der Waals surface area contributed by atoms with Gasteiger partial charge in [-0.05, 0) is 12.8 Å². The lowest BCUT2D eigenvalue weighted by Crippen LogP contribution is -2.42. The number of nitrogens with one attached hydrogen (secondary N) is 1. The monoisotopic (exact) mass is 271 g/mol. The van der Waals surface area contributed by atoms with Crippen molar-refractivity contribution in [2.75, 3.05) is 5.32 Å². The van der Waals surface area contributed by atoms with E-state index in [1.807, 2.05) is 0 Å². The number of hydrogen-bond acceptors (Lipinski definition) is 4. The van der Waals surface area contributed by atoms with E-state index in [0.29, 0.717) is 12.1 Å². The molecule has 2 rings (SSSR count). The normalized spacial score (nSPS) is 23.1. The Bertz CT molecular complexity index is 473. The molecule has 104 valence electrons. The Hall–Kier alpha value is -1.76. The van der Waals surface area contributed by atoms with Crippen molar-refractivity contribution in [2.24, 2.45) is 5.73 Å². The Morgan fingerprint density at radius 2 is 1.84 bits per heavy atom. The summed E-state index contributed by atoms with van der Waals surface area (Å²) in [5.74, 6) is -1.94. The van der Waals surface area contributed by atoms with E-state index in [1.165, 1.54) is 0 Å². The second-order valence-corrected chi connectivity index (χ2v) is 4.74. The van der Waals surface area contributed by atoms with Gasteiger partial charge in [0.05, 0.1) is 17.1 Å². The van der Waals surface area contributed by atoms with Gasteiger partial charge in [-0.2, -0.15) is 0 Å². The SMILES string of the molecule is N[C@@H]1CCCC[C@H]1Nc1c(F)cc([N+](=O)[O-])cc1F. The van der Waals surface area contributed by atoms with E-state index in [4.69, 9.17) is 5.73 Å². The van der Waals surface area contributed by atoms with Gasteiger partial charge in [0.1, 0.15) is 5.69 Å². The van der Waals surface area contributed by atoms with Crippen LogP contribution in [-0.4, -0.2) is 17.0 Å². The molecule has 1 saturated carbocycles. The van der Waals surface area contributed by atoms with Crippen LogP contribution < -0.4 is 11.1 Å². The molecule has 7 heteroatoms. The Morgan fingerprint density at radius 1 is 1.26 bits per heavy atom. The number of non-ortho nitro benzene ring substituents is 1. The summed E-state index contributed by atoms with van der Waals surface area (Å²) in [4.78, 5) is 9.66. The molecule has 0 amide bonds. The molecule has 1 aliphatic carbocycles. The van der Waals surface area contributed by atoms with Gasteiger partial charge in [-0.15, -0.1) is 0 Å². The smallest absolute Gasteiger partial charge is 0.275 e. The van der Waals surface area contributed by atoms with Crippen LogP contribution in [0.25, 0.3) is 0 Å². The van der Waals surface area contributed by atoms with Crippen LogP contribution in [0.2, 0.25) is 0 Å². The summed E-state index contributed by atoms with van der Waals surface area (Å²) in [5, 5.41) is 13.2. The van der Waals surface area contributed by atoms with Crippen LogP contribution in [0.4, 0.5) is 20.2 Å². The first-order valence-electron chi connectivity index (χ1n) is 6.14. The molecular weight excluding hydrogens is 256 g/mol. The van der Waals surface area contributed by atoms with Crippen LogP contribution in [-0.2, 0) is 0 Å². The van der Waals surface area contributed by atoms with Crippen LogP contribution in [0.5, 0.6) is 0 Å². The molecule has 0 aromatic heterocycles. The molecule has 19 heavy (non-hydrogen) atoms. The lowest BCUT2D eigenvalue weighted by molar-refractivity contribution is -0.385. The summed E-state index contributed by atoms with van der Waals surface area (Å²) >= 11 is 0. The van der Waals surface area contributed by atoms with E-state index in [1.54, 1.807) is 0 Å². The second-order valence-electron chi connectivity index (χ2n) is 4.74. The third kappa shape index (κ3) is 2.98. The molecule has 0 aliphatic heterocycles. The van der Waals surface area contributed by atoms with Crippen molar-refractivity contribution in [1.82, 2.24) is 0 Å². The van der Waals surface area contributed by atoms with Crippen molar-refractivity contribution < 1.29 is 13.7 Å². The van der Waals surface area contributed by atoms with Crippen molar-refractivity contribution in [3.05, 3.63) is 33.9 Å². The number of anilines is 1. The molecule has 5 nitrogen and oxygen atoms in total. The Labute approximate surface area is 108 Å². The molecule has 1 aromatic rings. The van der Waals surface area contributed by atoms with Gasteiger partial charge in [-0.1, -0.05) is 12.8 Å². The Kier molecular flexibility index (Phi) is 3.94. The molecule has 1 aliphatic rings. The first-order chi connectivity index (χ1) is 8.99. The molecule has 3 N–H and O–H groups in total. The predicted octanol–water partition coefficient (Wildman–Crippen LogP) is 2.55. The standard InChI is InChI=1S/C12H15F2N3O2/c13-8-5-7(17(18)19)6-9(14)12(8)16-11-4-2-1-3-10(11)15/h5-6,10-11,16H,1-4,15H2/t10-,11-/m1/s1. The number of nitrogens with zero attached hydrogens (tertiary/aromatic N) is 1. The van der Waals surface area contributed by atoms with E-state index in [-0.39, 0.29) is 17.8 Å². The number of nitro groups is 1. The third-order valence-electron chi connectivity index (χ3n) is 3.39. The van der Waals surface area contributed by atoms with Crippen LogP contribution in [0.3, 0.4) is 0 Å². The summed E-state index contributed by atoms with van der Waals surface area (Å²) in [7, 11) is 0. The van der Waals surface area contributed by atoms with Crippen molar-refractivity contribution in [2.45, 2.75) is 37.8 Å².